The zero-order chi connectivity index (χ0) is 11.5. The van der Waals surface area contributed by atoms with Crippen molar-refractivity contribution < 1.29 is 9.90 Å². The van der Waals surface area contributed by atoms with Crippen molar-refractivity contribution >= 4 is 5.97 Å². The number of hydrogen-bond acceptors (Lipinski definition) is 3. The van der Waals surface area contributed by atoms with E-state index in [4.69, 9.17) is 5.11 Å². The van der Waals surface area contributed by atoms with Gasteiger partial charge in [0.15, 0.2) is 5.69 Å². The first-order valence-electron chi connectivity index (χ1n) is 5.76. The number of carboxylic acid groups (broad SMARTS) is 1. The van der Waals surface area contributed by atoms with Crippen molar-refractivity contribution in [2.24, 2.45) is 0 Å². The highest BCUT2D eigenvalue weighted by Crippen LogP contribution is 2.24. The Hall–Kier alpha value is -1.36. The van der Waals surface area contributed by atoms with Crippen LogP contribution in [-0.2, 0) is 6.54 Å². The molecule has 16 heavy (non-hydrogen) atoms. The van der Waals surface area contributed by atoms with Gasteiger partial charge in [-0.3, -0.25) is 4.68 Å². The summed E-state index contributed by atoms with van der Waals surface area (Å²) in [6.45, 7) is 3.77. The number of aromatic carboxylic acids is 1. The van der Waals surface area contributed by atoms with Gasteiger partial charge in [0, 0.05) is 12.6 Å². The molecule has 88 valence electrons. The monoisotopic (exact) mass is 223 g/mol. The number of carboxylic acids is 1. The summed E-state index contributed by atoms with van der Waals surface area (Å²) in [6, 6.07) is 1.94. The SMILES string of the molecule is CCNC1CCCCn2nc(C(=O)O)cc21. The van der Waals surface area contributed by atoms with Crippen molar-refractivity contribution in [3.05, 3.63) is 17.5 Å². The summed E-state index contributed by atoms with van der Waals surface area (Å²) in [5, 5.41) is 16.4. The molecule has 1 aromatic heterocycles. The molecule has 0 aliphatic carbocycles. The van der Waals surface area contributed by atoms with Gasteiger partial charge in [-0.25, -0.2) is 4.79 Å². The van der Waals surface area contributed by atoms with E-state index < -0.39 is 5.97 Å². The van der Waals surface area contributed by atoms with E-state index in [0.717, 1.165) is 38.0 Å². The highest BCUT2D eigenvalue weighted by Gasteiger charge is 2.22. The van der Waals surface area contributed by atoms with E-state index in [1.807, 2.05) is 4.68 Å². The third kappa shape index (κ3) is 2.09. The minimum Gasteiger partial charge on any atom is -0.476 e. The Kier molecular flexibility index (Phi) is 3.24. The van der Waals surface area contributed by atoms with E-state index in [1.54, 1.807) is 6.07 Å². The molecule has 0 bridgehead atoms. The first-order chi connectivity index (χ1) is 7.72. The molecular weight excluding hydrogens is 206 g/mol. The molecule has 0 saturated carbocycles. The molecule has 1 aliphatic heterocycles. The lowest BCUT2D eigenvalue weighted by atomic mass is 10.1. The quantitative estimate of drug-likeness (QED) is 0.813. The summed E-state index contributed by atoms with van der Waals surface area (Å²) >= 11 is 0. The molecule has 1 atom stereocenters. The molecule has 5 nitrogen and oxygen atoms in total. The maximum Gasteiger partial charge on any atom is 0.356 e. The predicted octanol–water partition coefficient (Wildman–Crippen LogP) is 1.42. The highest BCUT2D eigenvalue weighted by molar-refractivity contribution is 5.85. The molecule has 0 spiro atoms. The van der Waals surface area contributed by atoms with Gasteiger partial charge in [0.25, 0.3) is 0 Å². The minimum atomic E-state index is -0.948. The summed E-state index contributed by atoms with van der Waals surface area (Å²) in [5.41, 5.74) is 1.16. The van der Waals surface area contributed by atoms with Gasteiger partial charge in [-0.1, -0.05) is 6.92 Å². The minimum absolute atomic E-state index is 0.153. The Morgan fingerprint density at radius 1 is 1.69 bits per heavy atom. The second kappa shape index (κ2) is 4.65. The summed E-state index contributed by atoms with van der Waals surface area (Å²) in [7, 11) is 0. The normalized spacial score (nSPS) is 20.2. The Morgan fingerprint density at radius 3 is 3.19 bits per heavy atom. The van der Waals surface area contributed by atoms with Crippen LogP contribution in [-0.4, -0.2) is 27.4 Å². The van der Waals surface area contributed by atoms with E-state index in [-0.39, 0.29) is 11.7 Å². The maximum absolute atomic E-state index is 10.9. The summed E-state index contributed by atoms with van der Waals surface area (Å²) in [5.74, 6) is -0.948. The number of nitrogens with one attached hydrogen (secondary N) is 1. The van der Waals surface area contributed by atoms with Crippen LogP contribution in [0, 0.1) is 0 Å². The van der Waals surface area contributed by atoms with Crippen molar-refractivity contribution in [3.63, 3.8) is 0 Å². The van der Waals surface area contributed by atoms with E-state index >= 15 is 0 Å². The van der Waals surface area contributed by atoms with Gasteiger partial charge in [-0.05, 0) is 31.9 Å². The molecule has 2 rings (SSSR count). The lowest BCUT2D eigenvalue weighted by Crippen LogP contribution is -2.22. The molecule has 1 unspecified atom stereocenters. The molecule has 0 fully saturated rings. The highest BCUT2D eigenvalue weighted by atomic mass is 16.4. The average molecular weight is 223 g/mol. The Bertz CT molecular complexity index is 387. The lowest BCUT2D eigenvalue weighted by molar-refractivity contribution is 0.0689. The van der Waals surface area contributed by atoms with Crippen LogP contribution in [0.3, 0.4) is 0 Å². The van der Waals surface area contributed by atoms with Crippen LogP contribution in [0.25, 0.3) is 0 Å². The molecule has 0 aromatic carbocycles. The number of fused-ring (bicyclic) bond motifs is 1. The van der Waals surface area contributed by atoms with E-state index in [9.17, 15) is 4.79 Å². The second-order valence-corrected chi connectivity index (χ2v) is 4.09. The third-order valence-corrected chi connectivity index (χ3v) is 2.95. The van der Waals surface area contributed by atoms with Crippen LogP contribution in [0.5, 0.6) is 0 Å². The molecule has 0 radical (unpaired) electrons. The van der Waals surface area contributed by atoms with Crippen LogP contribution in [0.2, 0.25) is 0 Å². The second-order valence-electron chi connectivity index (χ2n) is 4.09. The van der Waals surface area contributed by atoms with Crippen LogP contribution in [0.15, 0.2) is 6.07 Å². The fourth-order valence-corrected chi connectivity index (χ4v) is 2.21. The first-order valence-corrected chi connectivity index (χ1v) is 5.76. The van der Waals surface area contributed by atoms with Crippen molar-refractivity contribution in [2.75, 3.05) is 6.54 Å². The van der Waals surface area contributed by atoms with Crippen LogP contribution >= 0.6 is 0 Å². The maximum atomic E-state index is 10.9. The molecule has 0 saturated heterocycles. The number of carbonyl (C=O) groups is 1. The van der Waals surface area contributed by atoms with Crippen LogP contribution in [0.4, 0.5) is 0 Å². The van der Waals surface area contributed by atoms with Crippen molar-refractivity contribution in [2.45, 2.75) is 38.8 Å². The Labute approximate surface area is 94.5 Å². The van der Waals surface area contributed by atoms with Crippen LogP contribution < -0.4 is 5.32 Å². The van der Waals surface area contributed by atoms with Gasteiger partial charge in [-0.2, -0.15) is 5.10 Å². The topological polar surface area (TPSA) is 67.2 Å². The smallest absolute Gasteiger partial charge is 0.356 e. The first kappa shape index (κ1) is 11.1. The summed E-state index contributed by atoms with van der Waals surface area (Å²) in [6.07, 6.45) is 3.28. The Balaban J connectivity index is 2.31. The standard InChI is InChI=1S/C11H17N3O2/c1-2-12-8-5-3-4-6-14-10(8)7-9(13-14)11(15)16/h7-8,12H,2-6H2,1H3,(H,15,16). The zero-order valence-corrected chi connectivity index (χ0v) is 9.44. The predicted molar refractivity (Wildman–Crippen MR) is 59.5 cm³/mol. The van der Waals surface area contributed by atoms with E-state index in [0.29, 0.717) is 0 Å². The van der Waals surface area contributed by atoms with Crippen LogP contribution in [0.1, 0.15) is 48.4 Å². The number of hydrogen-bond donors (Lipinski definition) is 2. The zero-order valence-electron chi connectivity index (χ0n) is 9.44. The third-order valence-electron chi connectivity index (χ3n) is 2.95. The fraction of sp³-hybridized carbons (Fsp3) is 0.636. The summed E-state index contributed by atoms with van der Waals surface area (Å²) < 4.78 is 1.84. The average Bonchev–Trinajstić information content (AvgIpc) is 2.59. The van der Waals surface area contributed by atoms with Gasteiger partial charge in [0.1, 0.15) is 0 Å². The van der Waals surface area contributed by atoms with E-state index in [1.165, 1.54) is 0 Å². The molecule has 5 heteroatoms. The lowest BCUT2D eigenvalue weighted by Gasteiger charge is -2.15. The van der Waals surface area contributed by atoms with Crippen molar-refractivity contribution in [3.8, 4) is 0 Å². The Morgan fingerprint density at radius 2 is 2.50 bits per heavy atom. The fourth-order valence-electron chi connectivity index (χ4n) is 2.21. The van der Waals surface area contributed by atoms with Gasteiger partial charge >= 0.3 is 5.97 Å². The number of nitrogens with zero attached hydrogens (tertiary/aromatic N) is 2. The van der Waals surface area contributed by atoms with Crippen molar-refractivity contribution in [1.29, 1.82) is 0 Å². The largest absolute Gasteiger partial charge is 0.476 e. The summed E-state index contributed by atoms with van der Waals surface area (Å²) in [4.78, 5) is 10.9. The molecule has 2 heterocycles. The van der Waals surface area contributed by atoms with E-state index in [2.05, 4.69) is 17.3 Å². The number of aryl methyl sites for hydroxylation is 1. The van der Waals surface area contributed by atoms with Gasteiger partial charge in [0.2, 0.25) is 0 Å². The molecular formula is C11H17N3O2. The molecule has 1 aliphatic rings. The van der Waals surface area contributed by atoms with Gasteiger partial charge < -0.3 is 10.4 Å². The molecule has 0 amide bonds. The molecule has 1 aromatic rings. The van der Waals surface area contributed by atoms with Crippen molar-refractivity contribution in [1.82, 2.24) is 15.1 Å². The van der Waals surface area contributed by atoms with Gasteiger partial charge in [0.05, 0.1) is 5.69 Å². The molecule has 2 N–H and O–H groups in total. The number of rotatable bonds is 3. The number of aromatic nitrogens is 2. The van der Waals surface area contributed by atoms with Gasteiger partial charge in [-0.15, -0.1) is 0 Å².